The van der Waals surface area contributed by atoms with E-state index < -0.39 is 0 Å². The molecule has 0 amide bonds. The molecule has 0 aliphatic rings. The van der Waals surface area contributed by atoms with Crippen LogP contribution in [-0.4, -0.2) is 25.0 Å². The van der Waals surface area contributed by atoms with Gasteiger partial charge in [-0.3, -0.25) is 4.90 Å². The molecule has 0 fully saturated rings. The van der Waals surface area contributed by atoms with Crippen LogP contribution in [0.5, 0.6) is 0 Å². The molecule has 0 bridgehead atoms. The highest BCUT2D eigenvalue weighted by Crippen LogP contribution is 2.29. The first-order valence-corrected chi connectivity index (χ1v) is 6.71. The Bertz CT molecular complexity index is 355. The van der Waals surface area contributed by atoms with Crippen molar-refractivity contribution in [2.45, 2.75) is 25.8 Å². The number of hydrogen-bond donors (Lipinski definition) is 1. The van der Waals surface area contributed by atoms with Crippen LogP contribution in [0.2, 0.25) is 10.0 Å². The van der Waals surface area contributed by atoms with Crippen molar-refractivity contribution in [3.05, 3.63) is 33.8 Å². The number of nitrogens with zero attached hydrogens (tertiary/aromatic N) is 1. The zero-order chi connectivity index (χ0) is 12.8. The number of hydrogen-bond acceptors (Lipinski definition) is 2. The second kappa shape index (κ2) is 7.22. The van der Waals surface area contributed by atoms with Crippen molar-refractivity contribution in [1.82, 2.24) is 4.90 Å². The van der Waals surface area contributed by atoms with E-state index in [-0.39, 0.29) is 6.04 Å². The number of benzene rings is 1. The molecular weight excluding hydrogens is 255 g/mol. The molecule has 1 unspecified atom stereocenters. The fourth-order valence-corrected chi connectivity index (χ4v) is 2.30. The van der Waals surface area contributed by atoms with Gasteiger partial charge in [0.1, 0.15) is 0 Å². The van der Waals surface area contributed by atoms with Gasteiger partial charge in [-0.2, -0.15) is 0 Å². The maximum Gasteiger partial charge on any atom is 0.0482 e. The van der Waals surface area contributed by atoms with Crippen molar-refractivity contribution in [2.24, 2.45) is 5.73 Å². The number of likely N-dealkylation sites (N-methyl/N-ethyl adjacent to an activating group) is 1. The maximum atomic E-state index is 6.21. The number of nitrogens with two attached hydrogens (primary N) is 1. The molecule has 0 saturated heterocycles. The van der Waals surface area contributed by atoms with E-state index >= 15 is 0 Å². The third-order valence-corrected chi connectivity index (χ3v) is 3.52. The van der Waals surface area contributed by atoms with Crippen LogP contribution in [0.3, 0.4) is 0 Å². The first-order chi connectivity index (χ1) is 8.10. The molecule has 1 aromatic carbocycles. The van der Waals surface area contributed by atoms with Gasteiger partial charge in [0, 0.05) is 22.6 Å². The standard InChI is InChI=1S/C13H20Cl2N2/c1-3-4-7-17(2)13(9-16)11-8-10(14)5-6-12(11)15/h5-6,8,13H,3-4,7,9,16H2,1-2H3. The van der Waals surface area contributed by atoms with Crippen LogP contribution in [0.1, 0.15) is 31.4 Å². The molecule has 1 aromatic rings. The summed E-state index contributed by atoms with van der Waals surface area (Å²) in [5, 5.41) is 1.43. The largest absolute Gasteiger partial charge is 0.329 e. The Kier molecular flexibility index (Phi) is 6.28. The average Bonchev–Trinajstić information content (AvgIpc) is 2.32. The first-order valence-electron chi connectivity index (χ1n) is 5.95. The van der Waals surface area contributed by atoms with Gasteiger partial charge in [0.2, 0.25) is 0 Å². The smallest absolute Gasteiger partial charge is 0.0482 e. The summed E-state index contributed by atoms with van der Waals surface area (Å²) < 4.78 is 0. The minimum Gasteiger partial charge on any atom is -0.329 e. The fourth-order valence-electron chi connectivity index (χ4n) is 1.88. The lowest BCUT2D eigenvalue weighted by Crippen LogP contribution is -2.31. The van der Waals surface area contributed by atoms with Crippen LogP contribution in [0.15, 0.2) is 18.2 Å². The zero-order valence-electron chi connectivity index (χ0n) is 10.4. The van der Waals surface area contributed by atoms with E-state index in [0.29, 0.717) is 11.6 Å². The topological polar surface area (TPSA) is 29.3 Å². The molecule has 0 aliphatic heterocycles. The van der Waals surface area contributed by atoms with Gasteiger partial charge in [0.25, 0.3) is 0 Å². The minimum atomic E-state index is 0.132. The summed E-state index contributed by atoms with van der Waals surface area (Å²) in [6.07, 6.45) is 2.33. The van der Waals surface area contributed by atoms with E-state index in [0.717, 1.165) is 23.6 Å². The molecule has 0 spiro atoms. The highest BCUT2D eigenvalue weighted by Gasteiger charge is 2.18. The Labute approximate surface area is 114 Å². The van der Waals surface area contributed by atoms with E-state index in [4.69, 9.17) is 28.9 Å². The van der Waals surface area contributed by atoms with Gasteiger partial charge in [-0.05, 0) is 43.8 Å². The van der Waals surface area contributed by atoms with E-state index in [9.17, 15) is 0 Å². The SMILES string of the molecule is CCCCN(C)C(CN)c1cc(Cl)ccc1Cl. The van der Waals surface area contributed by atoms with Crippen molar-refractivity contribution in [3.63, 3.8) is 0 Å². The molecule has 2 nitrogen and oxygen atoms in total. The maximum absolute atomic E-state index is 6.21. The molecule has 17 heavy (non-hydrogen) atoms. The van der Waals surface area contributed by atoms with Gasteiger partial charge in [0.15, 0.2) is 0 Å². The summed E-state index contributed by atoms with van der Waals surface area (Å²) in [5.41, 5.74) is 6.87. The van der Waals surface area contributed by atoms with Crippen LogP contribution in [-0.2, 0) is 0 Å². The van der Waals surface area contributed by atoms with Crippen LogP contribution >= 0.6 is 23.2 Å². The quantitative estimate of drug-likeness (QED) is 0.857. The van der Waals surface area contributed by atoms with Gasteiger partial charge < -0.3 is 5.73 Å². The molecule has 0 aliphatic carbocycles. The van der Waals surface area contributed by atoms with E-state index in [2.05, 4.69) is 18.9 Å². The molecule has 1 atom stereocenters. The zero-order valence-corrected chi connectivity index (χ0v) is 11.9. The van der Waals surface area contributed by atoms with Gasteiger partial charge in [0.05, 0.1) is 0 Å². The van der Waals surface area contributed by atoms with Crippen LogP contribution < -0.4 is 5.73 Å². The molecule has 0 heterocycles. The van der Waals surface area contributed by atoms with Crippen LogP contribution in [0, 0.1) is 0 Å². The Morgan fingerprint density at radius 1 is 1.35 bits per heavy atom. The molecule has 0 saturated carbocycles. The summed E-state index contributed by atoms with van der Waals surface area (Å²) in [6.45, 7) is 3.74. The Balaban J connectivity index is 2.88. The molecule has 96 valence electrons. The Morgan fingerprint density at radius 3 is 2.65 bits per heavy atom. The lowest BCUT2D eigenvalue weighted by Gasteiger charge is -2.28. The second-order valence-electron chi connectivity index (χ2n) is 4.25. The van der Waals surface area contributed by atoms with Crippen molar-refractivity contribution < 1.29 is 0 Å². The lowest BCUT2D eigenvalue weighted by atomic mass is 10.1. The van der Waals surface area contributed by atoms with Crippen molar-refractivity contribution in [1.29, 1.82) is 0 Å². The molecular formula is C13H20Cl2N2. The third kappa shape index (κ3) is 4.14. The van der Waals surface area contributed by atoms with Crippen molar-refractivity contribution >= 4 is 23.2 Å². The van der Waals surface area contributed by atoms with E-state index in [1.54, 1.807) is 6.07 Å². The third-order valence-electron chi connectivity index (χ3n) is 2.94. The van der Waals surface area contributed by atoms with Crippen LogP contribution in [0.25, 0.3) is 0 Å². The Hall–Kier alpha value is -0.280. The van der Waals surface area contributed by atoms with Crippen LogP contribution in [0.4, 0.5) is 0 Å². The van der Waals surface area contributed by atoms with Crippen molar-refractivity contribution in [3.8, 4) is 0 Å². The molecule has 0 radical (unpaired) electrons. The summed E-state index contributed by atoms with van der Waals surface area (Å²) in [7, 11) is 2.07. The second-order valence-corrected chi connectivity index (χ2v) is 5.10. The van der Waals surface area contributed by atoms with E-state index in [1.165, 1.54) is 6.42 Å². The van der Waals surface area contributed by atoms with Gasteiger partial charge in [-0.25, -0.2) is 0 Å². The summed E-state index contributed by atoms with van der Waals surface area (Å²) in [5.74, 6) is 0. The minimum absolute atomic E-state index is 0.132. The van der Waals surface area contributed by atoms with Gasteiger partial charge >= 0.3 is 0 Å². The fraction of sp³-hybridized carbons (Fsp3) is 0.538. The van der Waals surface area contributed by atoms with E-state index in [1.807, 2.05) is 12.1 Å². The summed E-state index contributed by atoms with van der Waals surface area (Å²) >= 11 is 12.2. The van der Waals surface area contributed by atoms with Gasteiger partial charge in [-0.1, -0.05) is 36.5 Å². The predicted octanol–water partition coefficient (Wildman–Crippen LogP) is 3.73. The molecule has 2 N–H and O–H groups in total. The number of rotatable bonds is 6. The molecule has 4 heteroatoms. The van der Waals surface area contributed by atoms with Gasteiger partial charge in [-0.15, -0.1) is 0 Å². The van der Waals surface area contributed by atoms with Crippen molar-refractivity contribution in [2.75, 3.05) is 20.1 Å². The Morgan fingerprint density at radius 2 is 2.06 bits per heavy atom. The highest BCUT2D eigenvalue weighted by molar-refractivity contribution is 6.33. The number of halogens is 2. The average molecular weight is 275 g/mol. The lowest BCUT2D eigenvalue weighted by molar-refractivity contribution is 0.246. The normalized spacial score (nSPS) is 13.1. The molecule has 1 rings (SSSR count). The highest BCUT2D eigenvalue weighted by atomic mass is 35.5. The summed E-state index contributed by atoms with van der Waals surface area (Å²) in [4.78, 5) is 2.24. The number of unbranched alkanes of at least 4 members (excludes halogenated alkanes) is 1. The predicted molar refractivity (Wildman–Crippen MR) is 75.8 cm³/mol. The first kappa shape index (κ1) is 14.8. The molecule has 0 aromatic heterocycles. The monoisotopic (exact) mass is 274 g/mol. The summed E-state index contributed by atoms with van der Waals surface area (Å²) in [6, 6.07) is 5.67.